The highest BCUT2D eigenvalue weighted by Gasteiger charge is 2.17. The highest BCUT2D eigenvalue weighted by atomic mass is 32.2. The van der Waals surface area contributed by atoms with Crippen LogP contribution in [-0.4, -0.2) is 24.2 Å². The lowest BCUT2D eigenvalue weighted by Crippen LogP contribution is -2.43. The Balaban J connectivity index is 2.55. The van der Waals surface area contributed by atoms with E-state index in [2.05, 4.69) is 42.7 Å². The predicted octanol–water partition coefficient (Wildman–Crippen LogP) is 3.36. The van der Waals surface area contributed by atoms with Crippen molar-refractivity contribution in [2.45, 2.75) is 50.6 Å². The van der Waals surface area contributed by atoms with Crippen LogP contribution in [0.2, 0.25) is 0 Å². The van der Waals surface area contributed by atoms with Gasteiger partial charge in [-0.2, -0.15) is 0 Å². The number of benzene rings is 1. The molecule has 1 unspecified atom stereocenters. The highest BCUT2D eigenvalue weighted by molar-refractivity contribution is 8.00. The van der Waals surface area contributed by atoms with Gasteiger partial charge in [0.1, 0.15) is 0 Å². The molecule has 20 heavy (non-hydrogen) atoms. The van der Waals surface area contributed by atoms with Gasteiger partial charge in [0.2, 0.25) is 5.91 Å². The molecule has 1 rings (SSSR count). The second-order valence-corrected chi connectivity index (χ2v) is 6.71. The maximum absolute atomic E-state index is 11.9. The van der Waals surface area contributed by atoms with E-state index in [9.17, 15) is 4.79 Å². The van der Waals surface area contributed by atoms with Crippen molar-refractivity contribution < 1.29 is 4.79 Å². The van der Waals surface area contributed by atoms with Crippen LogP contribution in [0.25, 0.3) is 0 Å². The van der Waals surface area contributed by atoms with Gasteiger partial charge in [0.05, 0.1) is 5.75 Å². The fourth-order valence-electron chi connectivity index (χ4n) is 1.69. The summed E-state index contributed by atoms with van der Waals surface area (Å²) in [5.41, 5.74) is 1.12. The molecule has 0 heterocycles. The number of amides is 1. The fourth-order valence-corrected chi connectivity index (χ4v) is 2.46. The average molecular weight is 294 g/mol. The summed E-state index contributed by atoms with van der Waals surface area (Å²) < 4.78 is 0. The minimum absolute atomic E-state index is 0.0916. The number of carbonyl (C=O) groups excluding carboxylic acids is 1. The van der Waals surface area contributed by atoms with Gasteiger partial charge >= 0.3 is 0 Å². The lowest BCUT2D eigenvalue weighted by atomic mass is 10.0. The molecule has 0 aromatic heterocycles. The Morgan fingerprint density at radius 3 is 2.70 bits per heavy atom. The lowest BCUT2D eigenvalue weighted by molar-refractivity contribution is -0.120. The van der Waals surface area contributed by atoms with Crippen molar-refractivity contribution in [3.8, 4) is 0 Å². The quantitative estimate of drug-likeness (QED) is 0.758. The first kappa shape index (κ1) is 17.1. The van der Waals surface area contributed by atoms with E-state index >= 15 is 0 Å². The van der Waals surface area contributed by atoms with Gasteiger partial charge in [0, 0.05) is 16.5 Å². The molecule has 0 aliphatic rings. The van der Waals surface area contributed by atoms with Gasteiger partial charge in [0.25, 0.3) is 0 Å². The molecule has 1 atom stereocenters. The van der Waals surface area contributed by atoms with E-state index in [4.69, 9.17) is 0 Å². The van der Waals surface area contributed by atoms with Crippen molar-refractivity contribution in [2.75, 3.05) is 12.8 Å². The molecule has 1 amide bonds. The van der Waals surface area contributed by atoms with Crippen LogP contribution < -0.4 is 10.6 Å². The topological polar surface area (TPSA) is 41.1 Å². The standard InChI is InChI=1S/C16H26N2OS/c1-6-16(3,4)18-15(19)11-20-14-9-7-8-13(10-14)12(2)17-5/h7-10,12,17H,6,11H2,1-5H3,(H,18,19). The normalized spacial score (nSPS) is 13.1. The maximum Gasteiger partial charge on any atom is 0.230 e. The number of nitrogens with one attached hydrogen (secondary N) is 2. The molecular formula is C16H26N2OS. The number of carbonyl (C=O) groups is 1. The molecule has 0 spiro atoms. The summed E-state index contributed by atoms with van der Waals surface area (Å²) in [4.78, 5) is 13.1. The van der Waals surface area contributed by atoms with Crippen molar-refractivity contribution in [2.24, 2.45) is 0 Å². The molecular weight excluding hydrogens is 268 g/mol. The number of thioether (sulfide) groups is 1. The van der Waals surface area contributed by atoms with Crippen LogP contribution in [0.3, 0.4) is 0 Å². The van der Waals surface area contributed by atoms with Gasteiger partial charge in [-0.3, -0.25) is 4.79 Å². The van der Waals surface area contributed by atoms with Crippen LogP contribution in [-0.2, 0) is 4.79 Å². The van der Waals surface area contributed by atoms with Gasteiger partial charge in [-0.05, 0) is 51.9 Å². The van der Waals surface area contributed by atoms with E-state index in [-0.39, 0.29) is 11.4 Å². The summed E-state index contributed by atoms with van der Waals surface area (Å²) in [6.45, 7) is 8.30. The summed E-state index contributed by atoms with van der Waals surface area (Å²) in [5, 5.41) is 6.28. The second-order valence-electron chi connectivity index (χ2n) is 5.66. The molecule has 1 aromatic rings. The molecule has 0 aliphatic heterocycles. The maximum atomic E-state index is 11.9. The minimum atomic E-state index is -0.125. The van der Waals surface area contributed by atoms with Crippen LogP contribution in [0.15, 0.2) is 29.2 Å². The van der Waals surface area contributed by atoms with Gasteiger partial charge < -0.3 is 10.6 Å². The molecule has 3 nitrogen and oxygen atoms in total. The van der Waals surface area contributed by atoms with Gasteiger partial charge in [-0.25, -0.2) is 0 Å². The molecule has 0 saturated heterocycles. The molecule has 0 aliphatic carbocycles. The Labute approximate surface area is 126 Å². The predicted molar refractivity (Wildman–Crippen MR) is 87.2 cm³/mol. The Morgan fingerprint density at radius 2 is 2.10 bits per heavy atom. The summed E-state index contributed by atoms with van der Waals surface area (Å²) in [6, 6.07) is 8.66. The molecule has 0 bridgehead atoms. The van der Waals surface area contributed by atoms with Gasteiger partial charge in [-0.1, -0.05) is 19.1 Å². The Hall–Kier alpha value is -1.00. The Morgan fingerprint density at radius 1 is 1.40 bits per heavy atom. The average Bonchev–Trinajstić information content (AvgIpc) is 2.44. The van der Waals surface area contributed by atoms with E-state index in [0.29, 0.717) is 11.8 Å². The zero-order valence-corrected chi connectivity index (χ0v) is 13.9. The van der Waals surface area contributed by atoms with E-state index in [1.54, 1.807) is 11.8 Å². The molecule has 0 saturated carbocycles. The van der Waals surface area contributed by atoms with Crippen molar-refractivity contribution in [3.05, 3.63) is 29.8 Å². The van der Waals surface area contributed by atoms with Crippen molar-refractivity contribution in [3.63, 3.8) is 0 Å². The van der Waals surface area contributed by atoms with Crippen LogP contribution in [0.4, 0.5) is 0 Å². The molecule has 1 aromatic carbocycles. The SMILES string of the molecule is CCC(C)(C)NC(=O)CSc1cccc(C(C)NC)c1. The summed E-state index contributed by atoms with van der Waals surface area (Å²) in [7, 11) is 1.95. The summed E-state index contributed by atoms with van der Waals surface area (Å²) in [6.07, 6.45) is 0.929. The van der Waals surface area contributed by atoms with Crippen LogP contribution >= 0.6 is 11.8 Å². The third-order valence-electron chi connectivity index (χ3n) is 3.52. The zero-order valence-electron chi connectivity index (χ0n) is 13.1. The fraction of sp³-hybridized carbons (Fsp3) is 0.562. The summed E-state index contributed by atoms with van der Waals surface area (Å²) >= 11 is 1.58. The molecule has 2 N–H and O–H groups in total. The van der Waals surface area contributed by atoms with Crippen molar-refractivity contribution >= 4 is 17.7 Å². The van der Waals surface area contributed by atoms with Crippen LogP contribution in [0.1, 0.15) is 45.7 Å². The molecule has 112 valence electrons. The van der Waals surface area contributed by atoms with Crippen LogP contribution in [0.5, 0.6) is 0 Å². The smallest absolute Gasteiger partial charge is 0.230 e. The van der Waals surface area contributed by atoms with E-state index in [1.165, 1.54) is 5.56 Å². The lowest BCUT2D eigenvalue weighted by Gasteiger charge is -2.24. The molecule has 4 heteroatoms. The first-order valence-corrected chi connectivity index (χ1v) is 8.07. The van der Waals surface area contributed by atoms with Crippen molar-refractivity contribution in [1.29, 1.82) is 0 Å². The largest absolute Gasteiger partial charge is 0.351 e. The third-order valence-corrected chi connectivity index (χ3v) is 4.52. The second kappa shape index (κ2) is 7.70. The minimum Gasteiger partial charge on any atom is -0.351 e. The third kappa shape index (κ3) is 5.55. The molecule has 0 fully saturated rings. The number of hydrogen-bond donors (Lipinski definition) is 2. The highest BCUT2D eigenvalue weighted by Crippen LogP contribution is 2.22. The van der Waals surface area contributed by atoms with Crippen LogP contribution in [0, 0.1) is 0 Å². The number of rotatable bonds is 7. The number of hydrogen-bond acceptors (Lipinski definition) is 3. The first-order valence-electron chi connectivity index (χ1n) is 7.09. The Bertz CT molecular complexity index is 446. The zero-order chi connectivity index (χ0) is 15.2. The first-order chi connectivity index (χ1) is 9.38. The monoisotopic (exact) mass is 294 g/mol. The molecule has 0 radical (unpaired) electrons. The van der Waals surface area contributed by atoms with E-state index in [1.807, 2.05) is 27.0 Å². The van der Waals surface area contributed by atoms with E-state index in [0.717, 1.165) is 11.3 Å². The van der Waals surface area contributed by atoms with Gasteiger partial charge in [-0.15, -0.1) is 11.8 Å². The Kier molecular flexibility index (Phi) is 6.56. The van der Waals surface area contributed by atoms with E-state index < -0.39 is 0 Å². The van der Waals surface area contributed by atoms with Crippen molar-refractivity contribution in [1.82, 2.24) is 10.6 Å². The summed E-state index contributed by atoms with van der Waals surface area (Å²) in [5.74, 6) is 0.551. The van der Waals surface area contributed by atoms with Gasteiger partial charge in [0.15, 0.2) is 0 Å².